The van der Waals surface area contributed by atoms with Gasteiger partial charge in [-0.05, 0) is 188 Å². The molecular formula is C60H108N18O2S7. The Morgan fingerprint density at radius 2 is 1.02 bits per heavy atom. The van der Waals surface area contributed by atoms with E-state index in [2.05, 4.69) is 248 Å². The Labute approximate surface area is 553 Å². The third-order valence-corrected chi connectivity index (χ3v) is 19.0. The minimum Gasteiger partial charge on any atom is -0.425 e. The minimum atomic E-state index is 0.339. The number of allylic oxidation sites excluding steroid dienone is 6. The highest BCUT2D eigenvalue weighted by molar-refractivity contribution is 8.01. The minimum absolute atomic E-state index is 0.339. The van der Waals surface area contributed by atoms with E-state index < -0.39 is 0 Å². The predicted octanol–water partition coefficient (Wildman–Crippen LogP) is 18.0. The maximum Gasteiger partial charge on any atom is 0.219 e. The molecule has 0 aromatic carbocycles. The molecule has 0 atom stereocenters. The Kier molecular flexibility index (Phi) is 37.2. The summed E-state index contributed by atoms with van der Waals surface area (Å²) < 4.78 is 29.9. The van der Waals surface area contributed by atoms with Gasteiger partial charge >= 0.3 is 0 Å². The average molecular weight is 1340 g/mol. The molecule has 0 bridgehead atoms. The lowest BCUT2D eigenvalue weighted by Gasteiger charge is -2.30. The van der Waals surface area contributed by atoms with Crippen LogP contribution in [0.5, 0.6) is 0 Å². The third-order valence-electron chi connectivity index (χ3n) is 12.4. The molecule has 87 heavy (non-hydrogen) atoms. The zero-order valence-electron chi connectivity index (χ0n) is 58.9. The summed E-state index contributed by atoms with van der Waals surface area (Å²) in [5.74, 6) is 7.09. The molecule has 20 nitrogen and oxygen atoms in total. The Hall–Kier alpha value is -4.06. The lowest BCUT2D eigenvalue weighted by Crippen LogP contribution is -2.37. The van der Waals surface area contributed by atoms with Crippen LogP contribution in [0, 0.1) is 41.5 Å². The summed E-state index contributed by atoms with van der Waals surface area (Å²) in [5, 5.41) is 32.2. The van der Waals surface area contributed by atoms with Gasteiger partial charge in [0.2, 0.25) is 11.8 Å². The molecule has 6 aromatic heterocycles. The largest absolute Gasteiger partial charge is 0.425 e. The van der Waals surface area contributed by atoms with Crippen molar-refractivity contribution >= 4 is 81.6 Å². The second-order valence-corrected chi connectivity index (χ2v) is 30.4. The zero-order valence-corrected chi connectivity index (χ0v) is 64.6. The van der Waals surface area contributed by atoms with Gasteiger partial charge in [0.15, 0.2) is 0 Å². The molecule has 0 spiro atoms. The number of nitrogens with zero attached hydrogens (tertiary/aromatic N) is 18. The van der Waals surface area contributed by atoms with Gasteiger partial charge in [0.05, 0.1) is 34.5 Å². The molecule has 0 saturated carbocycles. The van der Waals surface area contributed by atoms with E-state index in [1.54, 1.807) is 35.4 Å². The van der Waals surface area contributed by atoms with Crippen molar-refractivity contribution in [3.63, 3.8) is 0 Å². The number of hydrazine groups is 3. The first-order valence-corrected chi connectivity index (χ1v) is 35.2. The fourth-order valence-electron chi connectivity index (χ4n) is 7.60. The van der Waals surface area contributed by atoms with Crippen LogP contribution in [0.2, 0.25) is 0 Å². The van der Waals surface area contributed by atoms with Crippen LogP contribution < -0.4 is 0 Å². The first kappa shape index (κ1) is 81.0. The lowest BCUT2D eigenvalue weighted by atomic mass is 10.1. The first-order chi connectivity index (χ1) is 40.3. The second-order valence-electron chi connectivity index (χ2n) is 23.5. The van der Waals surface area contributed by atoms with E-state index in [-0.39, 0.29) is 0 Å². The topological polar surface area (TPSA) is 196 Å². The van der Waals surface area contributed by atoms with Gasteiger partial charge in [0.25, 0.3) is 0 Å². The summed E-state index contributed by atoms with van der Waals surface area (Å²) >= 11 is 11.0. The van der Waals surface area contributed by atoms with Gasteiger partial charge in [0.1, 0.15) is 37.4 Å². The van der Waals surface area contributed by atoms with Crippen molar-refractivity contribution in [3.8, 4) is 0 Å². The Balaban J connectivity index is 0.000000490. The summed E-state index contributed by atoms with van der Waals surface area (Å²) in [7, 11) is 6.13. The molecule has 0 N–H and O–H groups in total. The molecule has 0 aliphatic carbocycles. The predicted molar refractivity (Wildman–Crippen MR) is 372 cm³/mol. The standard InChI is InChI=1S/C8H16N2O.2C8H16N2S.C6H10N2O.5C6H10N2S/c2*1-6(2)10-7(3)8(4)11-9(10)5;1-6(2)10-9(5)7(3)8(4)11-10;2*1-4(2)6-8-7-5(3)9-6;1-4(2)6-7-5(3)9-8-6;1-4(2)6-7-5(3)8-9-6;1-4(2)6-5(3)9-8-7-6;1-4(2)6-5(3)7-9-8-6/h3*6H,1-5H3;6*4H,1-3H3. The van der Waals surface area contributed by atoms with Crippen molar-refractivity contribution in [2.45, 2.75) is 261 Å². The van der Waals surface area contributed by atoms with E-state index >= 15 is 0 Å². The monoisotopic (exact) mass is 1340 g/mol. The van der Waals surface area contributed by atoms with E-state index in [1.807, 2.05) is 67.5 Å². The van der Waals surface area contributed by atoms with Crippen molar-refractivity contribution in [1.29, 1.82) is 0 Å². The number of hydroxylamine groups is 1. The van der Waals surface area contributed by atoms with Crippen LogP contribution in [-0.4, -0.2) is 126 Å². The van der Waals surface area contributed by atoms with Gasteiger partial charge in [-0.2, -0.15) is 26.3 Å². The van der Waals surface area contributed by atoms with Gasteiger partial charge < -0.3 is 14.3 Å². The first-order valence-electron chi connectivity index (χ1n) is 29.8. The van der Waals surface area contributed by atoms with Crippen LogP contribution in [0.1, 0.15) is 267 Å². The highest BCUT2D eigenvalue weighted by Gasteiger charge is 2.27. The highest BCUT2D eigenvalue weighted by atomic mass is 32.2. The van der Waals surface area contributed by atoms with Crippen molar-refractivity contribution in [3.05, 3.63) is 98.1 Å². The molecule has 0 fully saturated rings. The van der Waals surface area contributed by atoms with Crippen molar-refractivity contribution in [2.24, 2.45) is 0 Å². The Morgan fingerprint density at radius 3 is 1.23 bits per heavy atom. The van der Waals surface area contributed by atoms with Crippen molar-refractivity contribution < 1.29 is 9.25 Å². The maximum absolute atomic E-state index is 5.39. The molecule has 0 saturated heterocycles. The molecule has 27 heteroatoms. The molecule has 492 valence electrons. The van der Waals surface area contributed by atoms with Crippen LogP contribution in [0.4, 0.5) is 0 Å². The van der Waals surface area contributed by atoms with Gasteiger partial charge in [-0.25, -0.2) is 9.97 Å². The summed E-state index contributed by atoms with van der Waals surface area (Å²) in [6.07, 6.45) is 0. The van der Waals surface area contributed by atoms with Crippen LogP contribution in [0.3, 0.4) is 0 Å². The molecule has 0 radical (unpaired) electrons. The van der Waals surface area contributed by atoms with Crippen molar-refractivity contribution in [1.82, 2.24) is 86.5 Å². The van der Waals surface area contributed by atoms with Gasteiger partial charge in [-0.15, -0.1) is 36.8 Å². The van der Waals surface area contributed by atoms with E-state index in [0.29, 0.717) is 65.4 Å². The molecular weight excluding hydrogens is 1230 g/mol. The van der Waals surface area contributed by atoms with E-state index in [1.165, 1.54) is 78.1 Å². The average Bonchev–Trinajstić information content (AvgIpc) is 2.78. The number of hydrogen-bond acceptors (Lipinski definition) is 27. The van der Waals surface area contributed by atoms with E-state index in [0.717, 1.165) is 54.5 Å². The number of aryl methyl sites for hydroxylation is 6. The van der Waals surface area contributed by atoms with E-state index in [4.69, 9.17) is 9.25 Å². The number of aromatic nitrogens is 12. The SMILES string of the molecule is CC1=C(C)N(C(C)C)N(C)O1.CC1=C(C)N(C(C)C)N(C)S1.CC1=C(C)N(C)N(C(C)C)S1.Cc1nc(C(C)C)ns1.Cc1nnc(C(C)C)o1.Cc1nnc(C(C)C)s1.Cc1nsc(C(C)C)n1.Cc1nsnc1C(C)C.Cc1snnc1C(C)C. The van der Waals surface area contributed by atoms with Gasteiger partial charge in [-0.3, -0.25) is 10.0 Å². The van der Waals surface area contributed by atoms with Crippen LogP contribution >= 0.6 is 81.6 Å². The van der Waals surface area contributed by atoms with Crippen LogP contribution in [-0.2, 0) is 4.84 Å². The van der Waals surface area contributed by atoms with Gasteiger partial charge in [0, 0.05) is 95.9 Å². The fourth-order valence-corrected chi connectivity index (χ4v) is 12.9. The summed E-state index contributed by atoms with van der Waals surface area (Å²) in [4.78, 5) is 17.9. The third kappa shape index (κ3) is 28.3. The molecule has 3 aliphatic rings. The van der Waals surface area contributed by atoms with E-state index in [9.17, 15) is 0 Å². The van der Waals surface area contributed by atoms with Crippen LogP contribution in [0.15, 0.2) is 37.1 Å². The highest BCUT2D eigenvalue weighted by Crippen LogP contribution is 2.37. The lowest BCUT2D eigenvalue weighted by molar-refractivity contribution is -0.204. The molecule has 0 amide bonds. The number of rotatable bonds is 9. The normalized spacial score (nSPS) is 14.4. The summed E-state index contributed by atoms with van der Waals surface area (Å²) in [5.41, 5.74) is 7.30. The Morgan fingerprint density at radius 1 is 0.448 bits per heavy atom. The molecule has 6 aromatic rings. The molecule has 9 rings (SSSR count). The molecule has 9 heterocycles. The number of hydrogen-bond donors (Lipinski definition) is 0. The second kappa shape index (κ2) is 39.9. The van der Waals surface area contributed by atoms with Crippen molar-refractivity contribution in [2.75, 3.05) is 21.1 Å². The molecule has 0 unspecified atom stereocenters. The Bertz CT molecular complexity index is 2700. The molecule has 3 aliphatic heterocycles. The maximum atomic E-state index is 5.39. The van der Waals surface area contributed by atoms with Crippen LogP contribution in [0.25, 0.3) is 0 Å². The zero-order chi connectivity index (χ0) is 66.9. The van der Waals surface area contributed by atoms with Gasteiger partial charge in [-0.1, -0.05) is 92.7 Å². The fraction of sp³-hybridized carbons (Fsp3) is 0.700. The summed E-state index contributed by atoms with van der Waals surface area (Å²) in [6, 6.07) is 1.58. The summed E-state index contributed by atoms with van der Waals surface area (Å²) in [6.45, 7) is 62.8. The quantitative estimate of drug-likeness (QED) is 0.124. The smallest absolute Gasteiger partial charge is 0.219 e.